The third-order valence-corrected chi connectivity index (χ3v) is 3.46. The van der Waals surface area contributed by atoms with Gasteiger partial charge in [0.05, 0.1) is 17.0 Å². The lowest BCUT2D eigenvalue weighted by Crippen LogP contribution is -1.99. The van der Waals surface area contributed by atoms with Gasteiger partial charge in [-0.05, 0) is 39.5 Å². The van der Waals surface area contributed by atoms with Gasteiger partial charge in [-0.1, -0.05) is 19.9 Å². The average molecular weight is 278 g/mol. The van der Waals surface area contributed by atoms with Gasteiger partial charge in [-0.2, -0.15) is 0 Å². The molecule has 0 aliphatic rings. The highest BCUT2D eigenvalue weighted by Gasteiger charge is 2.13. The van der Waals surface area contributed by atoms with E-state index >= 15 is 0 Å². The van der Waals surface area contributed by atoms with E-state index in [0.29, 0.717) is 5.92 Å². The highest BCUT2D eigenvalue weighted by Crippen LogP contribution is 2.33. The van der Waals surface area contributed by atoms with Crippen LogP contribution in [0.5, 0.6) is 5.75 Å². The van der Waals surface area contributed by atoms with Gasteiger partial charge in [-0.25, -0.2) is 0 Å². The number of alkyl halides is 1. The average Bonchev–Trinajstić information content (AvgIpc) is 2.16. The molecule has 1 aromatic carbocycles. The maximum atomic E-state index is 6.25. The summed E-state index contributed by atoms with van der Waals surface area (Å²) in [5.74, 6) is 1.26. The topological polar surface area (TPSA) is 9.23 Å². The van der Waals surface area contributed by atoms with Crippen LogP contribution < -0.4 is 4.74 Å². The Kier molecular flexibility index (Phi) is 4.27. The van der Waals surface area contributed by atoms with Gasteiger partial charge in [0.25, 0.3) is 0 Å². The number of rotatable bonds is 3. The molecular formula is C11H14BrClO. The Morgan fingerprint density at radius 3 is 2.43 bits per heavy atom. The Labute approximate surface area is 98.5 Å². The maximum Gasteiger partial charge on any atom is 0.133 e. The largest absolute Gasteiger partial charge is 0.496 e. The fourth-order valence-electron chi connectivity index (χ4n) is 1.24. The molecule has 0 heterocycles. The second-order valence-electron chi connectivity index (χ2n) is 3.54. The number of hydrogen-bond donors (Lipinski definition) is 0. The minimum Gasteiger partial charge on any atom is -0.496 e. The summed E-state index contributed by atoms with van der Waals surface area (Å²) < 4.78 is 6.10. The van der Waals surface area contributed by atoms with Gasteiger partial charge in [0, 0.05) is 0 Å². The first-order chi connectivity index (χ1) is 6.56. The van der Waals surface area contributed by atoms with Crippen molar-refractivity contribution in [2.24, 2.45) is 5.92 Å². The summed E-state index contributed by atoms with van der Waals surface area (Å²) in [6.07, 6.45) is 0. The van der Waals surface area contributed by atoms with E-state index in [2.05, 4.69) is 29.8 Å². The van der Waals surface area contributed by atoms with Crippen molar-refractivity contribution >= 4 is 27.5 Å². The minimum atomic E-state index is 0.0530. The Balaban J connectivity index is 2.96. The molecule has 3 heteroatoms. The molecule has 0 radical (unpaired) electrons. The summed E-state index contributed by atoms with van der Waals surface area (Å²) in [6.45, 7) is 4.21. The zero-order valence-corrected chi connectivity index (χ0v) is 10.9. The number of ether oxygens (including phenoxy) is 1. The van der Waals surface area contributed by atoms with Crippen LogP contribution in [-0.4, -0.2) is 7.11 Å². The lowest BCUT2D eigenvalue weighted by molar-refractivity contribution is 0.412. The van der Waals surface area contributed by atoms with E-state index < -0.39 is 0 Å². The van der Waals surface area contributed by atoms with E-state index in [1.165, 1.54) is 0 Å². The van der Waals surface area contributed by atoms with Crippen molar-refractivity contribution in [3.63, 3.8) is 0 Å². The Morgan fingerprint density at radius 2 is 2.00 bits per heavy atom. The molecule has 0 bridgehead atoms. The summed E-state index contributed by atoms with van der Waals surface area (Å²) in [5, 5.41) is 0.0530. The summed E-state index contributed by atoms with van der Waals surface area (Å²) >= 11 is 9.69. The highest BCUT2D eigenvalue weighted by molar-refractivity contribution is 9.10. The molecule has 1 rings (SSSR count). The quantitative estimate of drug-likeness (QED) is 0.744. The molecule has 0 aromatic heterocycles. The first kappa shape index (κ1) is 11.9. The van der Waals surface area contributed by atoms with Crippen LogP contribution in [0.15, 0.2) is 22.7 Å². The van der Waals surface area contributed by atoms with E-state index in [9.17, 15) is 0 Å². The Morgan fingerprint density at radius 1 is 1.36 bits per heavy atom. The predicted molar refractivity (Wildman–Crippen MR) is 64.1 cm³/mol. The van der Waals surface area contributed by atoms with Crippen molar-refractivity contribution in [3.8, 4) is 5.75 Å². The number of hydrogen-bond acceptors (Lipinski definition) is 1. The summed E-state index contributed by atoms with van der Waals surface area (Å²) in [7, 11) is 1.65. The second-order valence-corrected chi connectivity index (χ2v) is 4.86. The summed E-state index contributed by atoms with van der Waals surface area (Å²) in [4.78, 5) is 0. The molecule has 78 valence electrons. The molecule has 0 amide bonds. The smallest absolute Gasteiger partial charge is 0.133 e. The molecule has 1 atom stereocenters. The van der Waals surface area contributed by atoms with E-state index in [-0.39, 0.29) is 5.38 Å². The molecule has 0 aliphatic carbocycles. The van der Waals surface area contributed by atoms with E-state index in [0.717, 1.165) is 15.8 Å². The van der Waals surface area contributed by atoms with Gasteiger partial charge in [-0.15, -0.1) is 11.6 Å². The van der Waals surface area contributed by atoms with Gasteiger partial charge < -0.3 is 4.74 Å². The first-order valence-electron chi connectivity index (χ1n) is 4.53. The third kappa shape index (κ3) is 2.64. The van der Waals surface area contributed by atoms with Crippen molar-refractivity contribution in [2.45, 2.75) is 19.2 Å². The molecule has 1 aromatic rings. The second kappa shape index (κ2) is 5.04. The molecule has 0 saturated heterocycles. The number of methoxy groups -OCH3 is 1. The number of halogens is 2. The van der Waals surface area contributed by atoms with Crippen molar-refractivity contribution in [3.05, 3.63) is 28.2 Å². The monoisotopic (exact) mass is 276 g/mol. The molecule has 1 unspecified atom stereocenters. The van der Waals surface area contributed by atoms with Crippen LogP contribution in [0.4, 0.5) is 0 Å². The third-order valence-electron chi connectivity index (χ3n) is 2.08. The van der Waals surface area contributed by atoms with E-state index in [1.54, 1.807) is 7.11 Å². The van der Waals surface area contributed by atoms with E-state index in [1.807, 2.05) is 18.2 Å². The van der Waals surface area contributed by atoms with Crippen LogP contribution in [0.1, 0.15) is 24.8 Å². The van der Waals surface area contributed by atoms with Crippen molar-refractivity contribution < 1.29 is 4.74 Å². The molecule has 0 fully saturated rings. The molecule has 0 aliphatic heterocycles. The Hall–Kier alpha value is -0.210. The minimum absolute atomic E-state index is 0.0530. The Bertz CT molecular complexity index is 312. The number of benzene rings is 1. The standard InChI is InChI=1S/C11H14BrClO/c1-7(2)11(13)8-4-5-10(14-3)9(12)6-8/h4-7,11H,1-3H3. The van der Waals surface area contributed by atoms with Crippen LogP contribution in [0, 0.1) is 5.92 Å². The fraction of sp³-hybridized carbons (Fsp3) is 0.455. The lowest BCUT2D eigenvalue weighted by Gasteiger charge is -2.14. The van der Waals surface area contributed by atoms with E-state index in [4.69, 9.17) is 16.3 Å². The van der Waals surface area contributed by atoms with Crippen LogP contribution >= 0.6 is 27.5 Å². The van der Waals surface area contributed by atoms with Crippen LogP contribution in [0.2, 0.25) is 0 Å². The zero-order chi connectivity index (χ0) is 10.7. The lowest BCUT2D eigenvalue weighted by atomic mass is 10.0. The summed E-state index contributed by atoms with van der Waals surface area (Å²) in [6, 6.07) is 5.94. The SMILES string of the molecule is COc1ccc(C(Cl)C(C)C)cc1Br. The molecule has 0 saturated carbocycles. The normalized spacial score (nSPS) is 13.0. The predicted octanol–water partition coefficient (Wildman–Crippen LogP) is 4.39. The van der Waals surface area contributed by atoms with Crippen LogP contribution in [0.3, 0.4) is 0 Å². The van der Waals surface area contributed by atoms with Gasteiger partial charge in [0.2, 0.25) is 0 Å². The molecule has 0 N–H and O–H groups in total. The van der Waals surface area contributed by atoms with Gasteiger partial charge in [-0.3, -0.25) is 0 Å². The highest BCUT2D eigenvalue weighted by atomic mass is 79.9. The molecule has 14 heavy (non-hydrogen) atoms. The zero-order valence-electron chi connectivity index (χ0n) is 8.55. The van der Waals surface area contributed by atoms with Crippen molar-refractivity contribution in [1.82, 2.24) is 0 Å². The molecule has 0 spiro atoms. The fourth-order valence-corrected chi connectivity index (χ4v) is 1.93. The maximum absolute atomic E-state index is 6.25. The molecular weight excluding hydrogens is 263 g/mol. The molecule has 1 nitrogen and oxygen atoms in total. The van der Waals surface area contributed by atoms with Gasteiger partial charge in [0.15, 0.2) is 0 Å². The van der Waals surface area contributed by atoms with Crippen molar-refractivity contribution in [2.75, 3.05) is 7.11 Å². The summed E-state index contributed by atoms with van der Waals surface area (Å²) in [5.41, 5.74) is 1.12. The van der Waals surface area contributed by atoms with Gasteiger partial charge in [0.1, 0.15) is 5.75 Å². The first-order valence-corrected chi connectivity index (χ1v) is 5.76. The van der Waals surface area contributed by atoms with Crippen molar-refractivity contribution in [1.29, 1.82) is 0 Å². The van der Waals surface area contributed by atoms with Gasteiger partial charge >= 0.3 is 0 Å². The van der Waals surface area contributed by atoms with Crippen LogP contribution in [-0.2, 0) is 0 Å². The van der Waals surface area contributed by atoms with Crippen LogP contribution in [0.25, 0.3) is 0 Å².